The Labute approximate surface area is 157 Å². The number of benzene rings is 1. The molecule has 0 aliphatic rings. The molecule has 0 saturated heterocycles. The van der Waals surface area contributed by atoms with Crippen LogP contribution < -0.4 is 16.4 Å². The first-order valence-electron chi connectivity index (χ1n) is 8.93. The second-order valence-corrected chi connectivity index (χ2v) is 6.28. The summed E-state index contributed by atoms with van der Waals surface area (Å²) in [6, 6.07) is 12.4. The molecule has 1 aromatic carbocycles. The van der Waals surface area contributed by atoms with Gasteiger partial charge in [-0.05, 0) is 36.7 Å². The average molecular weight is 365 g/mol. The molecule has 0 radical (unpaired) electrons. The van der Waals surface area contributed by atoms with Crippen molar-refractivity contribution in [1.29, 1.82) is 0 Å². The Kier molecular flexibility index (Phi) is 6.17. The third kappa shape index (κ3) is 4.92. The molecule has 7 nitrogen and oxygen atoms in total. The lowest BCUT2D eigenvalue weighted by Gasteiger charge is -2.18. The van der Waals surface area contributed by atoms with Gasteiger partial charge in [0.15, 0.2) is 0 Å². The molecule has 0 bridgehead atoms. The lowest BCUT2D eigenvalue weighted by atomic mass is 10.0. The molecule has 2 amide bonds. The molecular weight excluding hydrogens is 342 g/mol. The molecule has 1 atom stereocenters. The molecule has 2 aromatic heterocycles. The van der Waals surface area contributed by atoms with Crippen molar-refractivity contribution in [2.75, 3.05) is 11.9 Å². The summed E-state index contributed by atoms with van der Waals surface area (Å²) in [4.78, 5) is 32.3. The van der Waals surface area contributed by atoms with Crippen LogP contribution in [0.1, 0.15) is 18.4 Å². The quantitative estimate of drug-likeness (QED) is 0.489. The lowest BCUT2D eigenvalue weighted by molar-refractivity contribution is -0.126. The first kappa shape index (κ1) is 18.6. The molecule has 3 aromatic rings. The fourth-order valence-electron chi connectivity index (χ4n) is 2.91. The van der Waals surface area contributed by atoms with Crippen LogP contribution in [0.25, 0.3) is 10.9 Å². The molecule has 1 unspecified atom stereocenters. The van der Waals surface area contributed by atoms with Crippen molar-refractivity contribution in [3.63, 3.8) is 0 Å². The molecule has 3 rings (SSSR count). The largest absolute Gasteiger partial charge is 0.361 e. The van der Waals surface area contributed by atoms with E-state index >= 15 is 0 Å². The smallest absolute Gasteiger partial charge is 0.248 e. The maximum Gasteiger partial charge on any atom is 0.248 e. The van der Waals surface area contributed by atoms with Crippen molar-refractivity contribution in [2.45, 2.75) is 25.3 Å². The number of nitrogens with one attached hydrogen (secondary N) is 3. The van der Waals surface area contributed by atoms with Crippen molar-refractivity contribution in [1.82, 2.24) is 15.3 Å². The number of nitrogens with zero attached hydrogens (tertiary/aromatic N) is 1. The van der Waals surface area contributed by atoms with Gasteiger partial charge >= 0.3 is 0 Å². The van der Waals surface area contributed by atoms with Gasteiger partial charge in [-0.25, -0.2) is 4.98 Å². The number of rotatable bonds is 8. The number of amides is 2. The van der Waals surface area contributed by atoms with Gasteiger partial charge < -0.3 is 21.4 Å². The summed E-state index contributed by atoms with van der Waals surface area (Å²) in [5.74, 6) is -0.0517. The maximum atomic E-state index is 12.8. The molecular formula is C20H23N5O2. The molecule has 0 spiro atoms. The monoisotopic (exact) mass is 365 g/mol. The summed E-state index contributed by atoms with van der Waals surface area (Å²) in [6.45, 7) is 0.431. The minimum absolute atomic E-state index is 0.193. The summed E-state index contributed by atoms with van der Waals surface area (Å²) < 4.78 is 0. The van der Waals surface area contributed by atoms with E-state index in [0.717, 1.165) is 16.5 Å². The van der Waals surface area contributed by atoms with Crippen molar-refractivity contribution >= 4 is 28.5 Å². The van der Waals surface area contributed by atoms with Crippen LogP contribution in [0.3, 0.4) is 0 Å². The minimum atomic E-state index is -0.712. The SMILES string of the molecule is NCCCC(=O)NC(Cc1c[nH]c2ccccc12)C(=O)Nc1ccccn1. The zero-order chi connectivity index (χ0) is 19.1. The third-order valence-electron chi connectivity index (χ3n) is 4.27. The summed E-state index contributed by atoms with van der Waals surface area (Å²) in [7, 11) is 0. The molecule has 0 saturated carbocycles. The Morgan fingerprint density at radius 1 is 1.15 bits per heavy atom. The van der Waals surface area contributed by atoms with Crippen LogP contribution in [0, 0.1) is 0 Å². The van der Waals surface area contributed by atoms with Gasteiger partial charge in [0.25, 0.3) is 0 Å². The highest BCUT2D eigenvalue weighted by molar-refractivity contribution is 5.97. The van der Waals surface area contributed by atoms with Crippen LogP contribution in [0.5, 0.6) is 0 Å². The van der Waals surface area contributed by atoms with E-state index in [9.17, 15) is 9.59 Å². The van der Waals surface area contributed by atoms with E-state index in [1.165, 1.54) is 0 Å². The number of carbonyl (C=O) groups excluding carboxylic acids is 2. The van der Waals surface area contributed by atoms with Crippen LogP contribution in [0.4, 0.5) is 5.82 Å². The van der Waals surface area contributed by atoms with E-state index in [4.69, 9.17) is 5.73 Å². The number of anilines is 1. The van der Waals surface area contributed by atoms with Gasteiger partial charge in [0, 0.05) is 36.1 Å². The van der Waals surface area contributed by atoms with Gasteiger partial charge in [-0.15, -0.1) is 0 Å². The number of nitrogens with two attached hydrogens (primary N) is 1. The van der Waals surface area contributed by atoms with Crippen molar-refractivity contribution in [3.05, 3.63) is 60.4 Å². The van der Waals surface area contributed by atoms with Crippen LogP contribution in [0.15, 0.2) is 54.9 Å². The van der Waals surface area contributed by atoms with Gasteiger partial charge in [0.2, 0.25) is 11.8 Å². The molecule has 2 heterocycles. The topological polar surface area (TPSA) is 113 Å². The number of hydrogen-bond donors (Lipinski definition) is 4. The minimum Gasteiger partial charge on any atom is -0.361 e. The van der Waals surface area contributed by atoms with Gasteiger partial charge in [-0.2, -0.15) is 0 Å². The standard InChI is InChI=1S/C20H23N5O2/c21-10-5-9-19(26)24-17(20(27)25-18-8-3-4-11-22-18)12-14-13-23-16-7-2-1-6-15(14)16/h1-4,6-8,11,13,17,23H,5,9-10,12,21H2,(H,24,26)(H,22,25,27). The zero-order valence-corrected chi connectivity index (χ0v) is 14.9. The fraction of sp³-hybridized carbons (Fsp3) is 0.250. The highest BCUT2D eigenvalue weighted by Crippen LogP contribution is 2.19. The Bertz CT molecular complexity index is 907. The molecule has 5 N–H and O–H groups in total. The number of fused-ring (bicyclic) bond motifs is 1. The van der Waals surface area contributed by atoms with E-state index in [1.54, 1.807) is 24.4 Å². The normalized spacial score (nSPS) is 11.9. The predicted molar refractivity (Wildman–Crippen MR) is 105 cm³/mol. The van der Waals surface area contributed by atoms with Crippen LogP contribution in [-0.2, 0) is 16.0 Å². The summed E-state index contributed by atoms with van der Waals surface area (Å²) in [5, 5.41) is 6.62. The molecule has 0 fully saturated rings. The average Bonchev–Trinajstić information content (AvgIpc) is 3.09. The number of hydrogen-bond acceptors (Lipinski definition) is 4. The predicted octanol–water partition coefficient (Wildman–Crippen LogP) is 1.97. The number of H-pyrrole nitrogens is 1. The Morgan fingerprint density at radius 2 is 1.96 bits per heavy atom. The fourth-order valence-corrected chi connectivity index (χ4v) is 2.91. The first-order valence-corrected chi connectivity index (χ1v) is 8.93. The van der Waals surface area contributed by atoms with Crippen LogP contribution >= 0.6 is 0 Å². The van der Waals surface area contributed by atoms with E-state index in [-0.39, 0.29) is 18.2 Å². The lowest BCUT2D eigenvalue weighted by Crippen LogP contribution is -2.45. The summed E-state index contributed by atoms with van der Waals surface area (Å²) in [6.07, 6.45) is 4.71. The van der Waals surface area contributed by atoms with Gasteiger partial charge in [0.1, 0.15) is 11.9 Å². The Hall–Kier alpha value is -3.19. The molecule has 0 aliphatic heterocycles. The molecule has 140 valence electrons. The van der Waals surface area contributed by atoms with Crippen molar-refractivity contribution in [2.24, 2.45) is 5.73 Å². The van der Waals surface area contributed by atoms with Gasteiger partial charge in [-0.3, -0.25) is 9.59 Å². The highest BCUT2D eigenvalue weighted by atomic mass is 16.2. The Morgan fingerprint density at radius 3 is 2.74 bits per heavy atom. The third-order valence-corrected chi connectivity index (χ3v) is 4.27. The second-order valence-electron chi connectivity index (χ2n) is 6.28. The van der Waals surface area contributed by atoms with E-state index in [1.807, 2.05) is 30.5 Å². The first-order chi connectivity index (χ1) is 13.2. The van der Waals surface area contributed by atoms with Crippen LogP contribution in [0.2, 0.25) is 0 Å². The number of carbonyl (C=O) groups is 2. The highest BCUT2D eigenvalue weighted by Gasteiger charge is 2.23. The zero-order valence-electron chi connectivity index (χ0n) is 14.9. The Balaban J connectivity index is 1.78. The maximum absolute atomic E-state index is 12.8. The van der Waals surface area contributed by atoms with E-state index in [2.05, 4.69) is 20.6 Å². The number of para-hydroxylation sites is 1. The van der Waals surface area contributed by atoms with E-state index in [0.29, 0.717) is 25.2 Å². The second kappa shape index (κ2) is 8.95. The number of pyridine rings is 1. The van der Waals surface area contributed by atoms with Gasteiger partial charge in [0.05, 0.1) is 0 Å². The van der Waals surface area contributed by atoms with Crippen LogP contribution in [-0.4, -0.2) is 34.4 Å². The van der Waals surface area contributed by atoms with Crippen molar-refractivity contribution < 1.29 is 9.59 Å². The molecule has 7 heteroatoms. The van der Waals surface area contributed by atoms with Crippen molar-refractivity contribution in [3.8, 4) is 0 Å². The van der Waals surface area contributed by atoms with Gasteiger partial charge in [-0.1, -0.05) is 24.3 Å². The summed E-state index contributed by atoms with van der Waals surface area (Å²) in [5.41, 5.74) is 7.43. The van der Waals surface area contributed by atoms with E-state index < -0.39 is 6.04 Å². The molecule has 27 heavy (non-hydrogen) atoms. The summed E-state index contributed by atoms with van der Waals surface area (Å²) >= 11 is 0. The number of aromatic amines is 1. The molecule has 0 aliphatic carbocycles. The number of aromatic nitrogens is 2.